The quantitative estimate of drug-likeness (QED) is 0.0419. The molecule has 0 bridgehead atoms. The number of aromatic nitrogens is 2. The van der Waals surface area contributed by atoms with Gasteiger partial charge in [0, 0.05) is 18.9 Å². The third kappa shape index (κ3) is 13.3. The molecule has 13 nitrogen and oxygen atoms in total. The number of halogens is 5. The van der Waals surface area contributed by atoms with E-state index in [-0.39, 0.29) is 37.8 Å². The Hall–Kier alpha value is -6.30. The molecule has 0 atom stereocenters. The number of nitro groups is 1. The largest absolute Gasteiger partial charge is 0.497 e. The van der Waals surface area contributed by atoms with Crippen molar-refractivity contribution >= 4 is 28.5 Å². The molecular weight excluding hydrogens is 739 g/mol. The van der Waals surface area contributed by atoms with Crippen molar-refractivity contribution in [3.63, 3.8) is 0 Å². The van der Waals surface area contributed by atoms with E-state index in [1.165, 1.54) is 31.9 Å². The molecule has 2 amide bonds. The van der Waals surface area contributed by atoms with Crippen molar-refractivity contribution in [1.82, 2.24) is 14.8 Å². The number of hydrogen-bond donors (Lipinski definition) is 0. The van der Waals surface area contributed by atoms with Gasteiger partial charge in [0.2, 0.25) is 29.1 Å². The standard InChI is InChI=1S/C8H8N2O.C8H9NO3.C8H10O.C7H3F5O.C5H7NO3.CH4/c1-11-10-6-9-7-4-2-3-5-8(7)10;1-6-3-7(9(10)11)5-8(4-6)12-2;1-7-3-5-8(9-2)6-4-7;1-13-7-5(11)3(9)2(8)4(10)6(7)12;1-9-6-4(7)2-3-5(6)8;/h2-6H,1H3;3-5H,1-2H3;3-6H,1-2H3;1H3;2-3H2,1H3;1H4. The van der Waals surface area contributed by atoms with Crippen molar-refractivity contribution in [3.05, 3.63) is 123 Å². The minimum atomic E-state index is -2.20. The molecule has 0 saturated carbocycles. The first-order valence-corrected chi connectivity index (χ1v) is 15.5. The van der Waals surface area contributed by atoms with Crippen LogP contribution in [0.5, 0.6) is 17.2 Å². The number of hydroxylamine groups is 2. The van der Waals surface area contributed by atoms with Gasteiger partial charge < -0.3 is 19.0 Å². The zero-order chi connectivity index (χ0) is 40.5. The van der Waals surface area contributed by atoms with Crippen molar-refractivity contribution < 1.29 is 60.4 Å². The number of aryl methyl sites for hydroxylation is 2. The number of carbonyl (C=O) groups is 2. The number of imidazole rings is 1. The zero-order valence-corrected chi connectivity index (χ0v) is 30.2. The van der Waals surface area contributed by atoms with Crippen molar-refractivity contribution in [3.8, 4) is 17.2 Å². The highest BCUT2D eigenvalue weighted by atomic mass is 19.2. The fourth-order valence-electron chi connectivity index (χ4n) is 4.23. The maximum absolute atomic E-state index is 12.6. The van der Waals surface area contributed by atoms with Crippen LogP contribution >= 0.6 is 0 Å². The lowest BCUT2D eigenvalue weighted by Gasteiger charge is -2.07. The van der Waals surface area contributed by atoms with Gasteiger partial charge in [0.05, 0.1) is 44.9 Å². The van der Waals surface area contributed by atoms with E-state index in [1.54, 1.807) is 38.3 Å². The lowest BCUT2D eigenvalue weighted by Crippen LogP contribution is -2.27. The van der Waals surface area contributed by atoms with E-state index in [0.717, 1.165) is 34.5 Å². The summed E-state index contributed by atoms with van der Waals surface area (Å²) in [6.45, 7) is 3.84. The van der Waals surface area contributed by atoms with Gasteiger partial charge in [-0.2, -0.15) is 18.6 Å². The number of hydrogen-bond acceptors (Lipinski definition) is 10. The van der Waals surface area contributed by atoms with Gasteiger partial charge in [0.15, 0.2) is 5.75 Å². The van der Waals surface area contributed by atoms with E-state index in [2.05, 4.69) is 21.5 Å². The van der Waals surface area contributed by atoms with Crippen LogP contribution in [0.4, 0.5) is 27.6 Å². The van der Waals surface area contributed by atoms with Crippen LogP contribution in [0, 0.1) is 53.0 Å². The van der Waals surface area contributed by atoms with Gasteiger partial charge in [-0.05, 0) is 49.7 Å². The van der Waals surface area contributed by atoms with Crippen LogP contribution in [-0.2, 0) is 14.4 Å². The summed E-state index contributed by atoms with van der Waals surface area (Å²) in [5.41, 5.74) is 4.09. The molecule has 0 radical (unpaired) electrons. The highest BCUT2D eigenvalue weighted by Gasteiger charge is 2.29. The average Bonchev–Trinajstić information content (AvgIpc) is 3.75. The Kier molecular flexibility index (Phi) is 19.3. The molecule has 1 fully saturated rings. The van der Waals surface area contributed by atoms with Gasteiger partial charge in [-0.25, -0.2) is 18.2 Å². The number of non-ortho nitro benzene ring substituents is 1. The third-order valence-electron chi connectivity index (χ3n) is 6.92. The van der Waals surface area contributed by atoms with Gasteiger partial charge in [-0.1, -0.05) is 37.3 Å². The van der Waals surface area contributed by atoms with Gasteiger partial charge in [-0.3, -0.25) is 24.5 Å². The molecule has 298 valence electrons. The summed E-state index contributed by atoms with van der Waals surface area (Å²) in [5.74, 6) is -10.5. The third-order valence-corrected chi connectivity index (χ3v) is 6.92. The molecule has 1 aromatic heterocycles. The molecule has 4 aromatic carbocycles. The number of ether oxygens (including phenoxy) is 3. The van der Waals surface area contributed by atoms with E-state index in [0.29, 0.717) is 5.75 Å². The number of nitro benzene ring substituents is 1. The molecule has 0 spiro atoms. The van der Waals surface area contributed by atoms with Gasteiger partial charge in [-0.15, -0.1) is 0 Å². The first-order valence-electron chi connectivity index (χ1n) is 15.5. The van der Waals surface area contributed by atoms with Crippen LogP contribution in [0.3, 0.4) is 0 Å². The Morgan fingerprint density at radius 1 is 0.673 bits per heavy atom. The smallest absolute Gasteiger partial charge is 0.273 e. The fraction of sp³-hybridized carbons (Fsp3) is 0.270. The van der Waals surface area contributed by atoms with E-state index in [1.807, 2.05) is 48.5 Å². The molecule has 5 aromatic rings. The second-order valence-corrected chi connectivity index (χ2v) is 10.6. The molecule has 0 N–H and O–H groups in total. The average molecular weight is 781 g/mol. The summed E-state index contributed by atoms with van der Waals surface area (Å²) < 4.78 is 77.6. The first kappa shape index (κ1) is 46.7. The lowest BCUT2D eigenvalue weighted by molar-refractivity contribution is -0.385. The number of para-hydroxylation sites is 2. The number of imide groups is 1. The van der Waals surface area contributed by atoms with Crippen LogP contribution in [-0.4, -0.2) is 67.1 Å². The SMILES string of the molecule is C.CON1C(=O)CCC1=O.COc1c(F)c(F)c(F)c(F)c1F.COc1cc(C)cc([N+](=O)[O-])c1.COc1ccc(C)cc1.COn1cnc2ccccc21. The second-order valence-electron chi connectivity index (χ2n) is 10.6. The number of rotatable bonds is 6. The Morgan fingerprint density at radius 2 is 1.20 bits per heavy atom. The number of amides is 2. The molecule has 0 aliphatic carbocycles. The van der Waals surface area contributed by atoms with Crippen LogP contribution in [0.2, 0.25) is 0 Å². The second kappa shape index (κ2) is 22.7. The van der Waals surface area contributed by atoms with Gasteiger partial charge in [0.25, 0.3) is 17.5 Å². The fourth-order valence-corrected chi connectivity index (χ4v) is 4.23. The maximum atomic E-state index is 12.6. The summed E-state index contributed by atoms with van der Waals surface area (Å²) in [6.07, 6.45) is 2.23. The van der Waals surface area contributed by atoms with E-state index < -0.39 is 39.8 Å². The van der Waals surface area contributed by atoms with Gasteiger partial charge in [0.1, 0.15) is 30.5 Å². The molecular formula is C37H41F5N4O9. The predicted octanol–water partition coefficient (Wildman–Crippen LogP) is 7.73. The number of nitrogens with zero attached hydrogens (tertiary/aromatic N) is 4. The van der Waals surface area contributed by atoms with E-state index in [9.17, 15) is 41.7 Å². The molecule has 1 saturated heterocycles. The van der Waals surface area contributed by atoms with E-state index >= 15 is 0 Å². The Bertz CT molecular complexity index is 1980. The van der Waals surface area contributed by atoms with Crippen LogP contribution < -0.4 is 19.0 Å². The van der Waals surface area contributed by atoms with Crippen molar-refractivity contribution in [1.29, 1.82) is 0 Å². The minimum Gasteiger partial charge on any atom is -0.497 e. The van der Waals surface area contributed by atoms with Crippen LogP contribution in [0.15, 0.2) is 73.1 Å². The molecule has 6 rings (SSSR count). The molecule has 2 heterocycles. The predicted molar refractivity (Wildman–Crippen MR) is 192 cm³/mol. The number of methoxy groups -OCH3 is 3. The van der Waals surface area contributed by atoms with Crippen molar-refractivity contribution in [2.45, 2.75) is 34.1 Å². The summed E-state index contributed by atoms with van der Waals surface area (Å²) in [4.78, 5) is 44.7. The first-order chi connectivity index (χ1) is 25.6. The van der Waals surface area contributed by atoms with E-state index in [4.69, 9.17) is 14.3 Å². The number of carbonyl (C=O) groups excluding carboxylic acids is 2. The Labute approximate surface area is 313 Å². The highest BCUT2D eigenvalue weighted by molar-refractivity contribution is 6.00. The summed E-state index contributed by atoms with van der Waals surface area (Å²) in [5, 5.41) is 11.2. The highest BCUT2D eigenvalue weighted by Crippen LogP contribution is 2.28. The summed E-state index contributed by atoms with van der Waals surface area (Å²) in [7, 11) is 6.89. The molecule has 0 unspecified atom stereocenters. The maximum Gasteiger partial charge on any atom is 0.273 e. The monoisotopic (exact) mass is 780 g/mol. The summed E-state index contributed by atoms with van der Waals surface area (Å²) >= 11 is 0. The van der Waals surface area contributed by atoms with Gasteiger partial charge >= 0.3 is 0 Å². The Balaban J connectivity index is 0.000000344. The number of fused-ring (bicyclic) bond motifs is 1. The van der Waals surface area contributed by atoms with Crippen molar-refractivity contribution in [2.24, 2.45) is 0 Å². The number of benzene rings is 4. The van der Waals surface area contributed by atoms with Crippen LogP contribution in [0.1, 0.15) is 31.4 Å². The van der Waals surface area contributed by atoms with Crippen LogP contribution in [0.25, 0.3) is 11.0 Å². The lowest BCUT2D eigenvalue weighted by atomic mass is 10.2. The zero-order valence-electron chi connectivity index (χ0n) is 30.2. The molecule has 18 heteroatoms. The Morgan fingerprint density at radius 3 is 1.65 bits per heavy atom. The molecule has 1 aliphatic heterocycles. The molecule has 55 heavy (non-hydrogen) atoms. The normalized spacial score (nSPS) is 11.2. The molecule has 1 aliphatic rings. The summed E-state index contributed by atoms with van der Waals surface area (Å²) in [6, 6.07) is 20.4. The topological polar surface area (TPSA) is 144 Å². The van der Waals surface area contributed by atoms with Crippen molar-refractivity contribution in [2.75, 3.05) is 35.5 Å². The minimum absolute atomic E-state index is 0.